The molecule has 0 radical (unpaired) electrons. The summed E-state index contributed by atoms with van der Waals surface area (Å²) in [6.45, 7) is 5.43. The molecule has 2 N–H and O–H groups in total. The molecule has 1 fully saturated rings. The molecule has 0 bridgehead atoms. The molecule has 1 saturated carbocycles. The standard InChI is InChI=1S/C16H28BrN3/c1-3-5-12-6-8-13(9-7-12)15(18)16-14(17)11-19-20(16)10-4-2/h11-13,15H,3-10,18H2,1-2H3. The molecular weight excluding hydrogens is 314 g/mol. The van der Waals surface area contributed by atoms with Crippen LogP contribution in [0.4, 0.5) is 0 Å². The molecule has 1 aliphatic rings. The van der Waals surface area contributed by atoms with Gasteiger partial charge in [0, 0.05) is 6.54 Å². The topological polar surface area (TPSA) is 43.8 Å². The summed E-state index contributed by atoms with van der Waals surface area (Å²) in [5.74, 6) is 1.55. The molecule has 0 aliphatic heterocycles. The Morgan fingerprint density at radius 1 is 1.30 bits per heavy atom. The third kappa shape index (κ3) is 3.64. The number of nitrogens with zero attached hydrogens (tertiary/aromatic N) is 2. The van der Waals surface area contributed by atoms with Crippen molar-refractivity contribution in [2.24, 2.45) is 17.6 Å². The van der Waals surface area contributed by atoms with Gasteiger partial charge in [0.25, 0.3) is 0 Å². The van der Waals surface area contributed by atoms with Gasteiger partial charge in [-0.2, -0.15) is 5.10 Å². The number of hydrogen-bond acceptors (Lipinski definition) is 2. The molecule has 1 aromatic rings. The maximum atomic E-state index is 6.57. The third-order valence-corrected chi connectivity index (χ3v) is 5.29. The number of hydrogen-bond donors (Lipinski definition) is 1. The average molecular weight is 342 g/mol. The van der Waals surface area contributed by atoms with E-state index in [2.05, 4.69) is 39.6 Å². The second kappa shape index (κ2) is 7.60. The molecule has 4 heteroatoms. The molecule has 0 saturated heterocycles. The molecule has 1 unspecified atom stereocenters. The van der Waals surface area contributed by atoms with Gasteiger partial charge in [0.2, 0.25) is 0 Å². The van der Waals surface area contributed by atoms with Crippen LogP contribution in [0.2, 0.25) is 0 Å². The molecular formula is C16H28BrN3. The van der Waals surface area contributed by atoms with E-state index in [9.17, 15) is 0 Å². The maximum absolute atomic E-state index is 6.57. The molecule has 3 nitrogen and oxygen atoms in total. The van der Waals surface area contributed by atoms with E-state index in [0.717, 1.165) is 23.4 Å². The van der Waals surface area contributed by atoms with Gasteiger partial charge in [0.05, 0.1) is 22.4 Å². The van der Waals surface area contributed by atoms with Crippen LogP contribution in [0.5, 0.6) is 0 Å². The molecule has 1 heterocycles. The third-order valence-electron chi connectivity index (χ3n) is 4.68. The van der Waals surface area contributed by atoms with E-state index in [1.807, 2.05) is 6.20 Å². The van der Waals surface area contributed by atoms with E-state index < -0.39 is 0 Å². The summed E-state index contributed by atoms with van der Waals surface area (Å²) in [5.41, 5.74) is 7.77. The number of aromatic nitrogens is 2. The van der Waals surface area contributed by atoms with Gasteiger partial charge in [-0.1, -0.05) is 39.5 Å². The lowest BCUT2D eigenvalue weighted by molar-refractivity contribution is 0.229. The van der Waals surface area contributed by atoms with Crippen molar-refractivity contribution in [3.05, 3.63) is 16.4 Å². The summed E-state index contributed by atoms with van der Waals surface area (Å²) in [6.07, 6.45) is 10.9. The van der Waals surface area contributed by atoms with Gasteiger partial charge in [-0.15, -0.1) is 0 Å². The zero-order valence-electron chi connectivity index (χ0n) is 12.8. The van der Waals surface area contributed by atoms with Gasteiger partial charge in [-0.25, -0.2) is 0 Å². The lowest BCUT2D eigenvalue weighted by Crippen LogP contribution is -2.28. The van der Waals surface area contributed by atoms with Gasteiger partial charge < -0.3 is 5.73 Å². The van der Waals surface area contributed by atoms with Gasteiger partial charge in [-0.05, 0) is 47.0 Å². The van der Waals surface area contributed by atoms with Crippen LogP contribution in [-0.2, 0) is 6.54 Å². The minimum atomic E-state index is 0.126. The number of rotatable bonds is 6. The summed E-state index contributed by atoms with van der Waals surface area (Å²) in [6, 6.07) is 0.126. The average Bonchev–Trinajstić information content (AvgIpc) is 2.81. The van der Waals surface area contributed by atoms with Crippen molar-refractivity contribution in [1.29, 1.82) is 0 Å². The predicted molar refractivity (Wildman–Crippen MR) is 87.5 cm³/mol. The van der Waals surface area contributed by atoms with E-state index >= 15 is 0 Å². The van der Waals surface area contributed by atoms with Crippen molar-refractivity contribution >= 4 is 15.9 Å². The Hall–Kier alpha value is -0.350. The van der Waals surface area contributed by atoms with E-state index in [0.29, 0.717) is 5.92 Å². The van der Waals surface area contributed by atoms with Crippen molar-refractivity contribution in [1.82, 2.24) is 9.78 Å². The second-order valence-corrected chi connectivity index (χ2v) is 7.05. The summed E-state index contributed by atoms with van der Waals surface area (Å²) in [5, 5.41) is 4.46. The quantitative estimate of drug-likeness (QED) is 0.817. The van der Waals surface area contributed by atoms with Gasteiger partial charge >= 0.3 is 0 Å². The second-order valence-electron chi connectivity index (χ2n) is 6.20. The fraction of sp³-hybridized carbons (Fsp3) is 0.812. The first kappa shape index (κ1) is 16.0. The van der Waals surface area contributed by atoms with Crippen molar-refractivity contribution < 1.29 is 0 Å². The van der Waals surface area contributed by atoms with E-state index in [1.54, 1.807) is 0 Å². The predicted octanol–water partition coefficient (Wildman–Crippen LogP) is 4.66. The van der Waals surface area contributed by atoms with Gasteiger partial charge in [0.15, 0.2) is 0 Å². The molecule has 0 amide bonds. The molecule has 114 valence electrons. The van der Waals surface area contributed by atoms with Crippen LogP contribution in [0.1, 0.15) is 70.5 Å². The van der Waals surface area contributed by atoms with Crippen LogP contribution >= 0.6 is 15.9 Å². The zero-order valence-corrected chi connectivity index (χ0v) is 14.4. The Morgan fingerprint density at radius 2 is 2.00 bits per heavy atom. The van der Waals surface area contributed by atoms with Crippen LogP contribution in [0, 0.1) is 11.8 Å². The molecule has 20 heavy (non-hydrogen) atoms. The summed E-state index contributed by atoms with van der Waals surface area (Å²) in [7, 11) is 0. The van der Waals surface area contributed by atoms with Crippen LogP contribution in [0.3, 0.4) is 0 Å². The first-order chi connectivity index (χ1) is 9.67. The maximum Gasteiger partial charge on any atom is 0.0696 e. The van der Waals surface area contributed by atoms with Crippen molar-refractivity contribution in [3.8, 4) is 0 Å². The summed E-state index contributed by atoms with van der Waals surface area (Å²) < 4.78 is 3.17. The monoisotopic (exact) mass is 341 g/mol. The van der Waals surface area contributed by atoms with Gasteiger partial charge in [0.1, 0.15) is 0 Å². The first-order valence-corrected chi connectivity index (χ1v) is 8.93. The van der Waals surface area contributed by atoms with E-state index in [4.69, 9.17) is 5.73 Å². The van der Waals surface area contributed by atoms with Crippen molar-refractivity contribution in [3.63, 3.8) is 0 Å². The van der Waals surface area contributed by atoms with Crippen LogP contribution < -0.4 is 5.73 Å². The van der Waals surface area contributed by atoms with E-state index in [-0.39, 0.29) is 6.04 Å². The fourth-order valence-electron chi connectivity index (χ4n) is 3.56. The van der Waals surface area contributed by atoms with Crippen LogP contribution in [0.15, 0.2) is 10.7 Å². The molecule has 0 aromatic carbocycles. The first-order valence-electron chi connectivity index (χ1n) is 8.14. The highest BCUT2D eigenvalue weighted by atomic mass is 79.9. The highest BCUT2D eigenvalue weighted by Gasteiger charge is 2.29. The normalized spacial score (nSPS) is 24.8. The molecule has 0 spiro atoms. The number of aryl methyl sites for hydroxylation is 1. The summed E-state index contributed by atoms with van der Waals surface area (Å²) in [4.78, 5) is 0. The Labute approximate surface area is 131 Å². The highest BCUT2D eigenvalue weighted by molar-refractivity contribution is 9.10. The number of halogens is 1. The number of nitrogens with two attached hydrogens (primary N) is 1. The minimum absolute atomic E-state index is 0.126. The Morgan fingerprint density at radius 3 is 2.60 bits per heavy atom. The summed E-state index contributed by atoms with van der Waals surface area (Å²) >= 11 is 3.63. The molecule has 1 atom stereocenters. The lowest BCUT2D eigenvalue weighted by Gasteiger charge is -2.32. The Kier molecular flexibility index (Phi) is 6.09. The lowest BCUT2D eigenvalue weighted by atomic mass is 9.76. The minimum Gasteiger partial charge on any atom is -0.322 e. The van der Waals surface area contributed by atoms with E-state index in [1.165, 1.54) is 44.2 Å². The smallest absolute Gasteiger partial charge is 0.0696 e. The largest absolute Gasteiger partial charge is 0.322 e. The Bertz CT molecular complexity index is 408. The van der Waals surface area contributed by atoms with Crippen LogP contribution in [0.25, 0.3) is 0 Å². The molecule has 2 rings (SSSR count). The Balaban J connectivity index is 2.01. The zero-order chi connectivity index (χ0) is 14.5. The molecule has 1 aromatic heterocycles. The van der Waals surface area contributed by atoms with Crippen LogP contribution in [-0.4, -0.2) is 9.78 Å². The van der Waals surface area contributed by atoms with Crippen molar-refractivity contribution in [2.45, 2.75) is 71.4 Å². The fourth-order valence-corrected chi connectivity index (χ4v) is 4.12. The SMILES string of the molecule is CCCC1CCC(C(N)c2c(Br)cnn2CCC)CC1. The molecule has 1 aliphatic carbocycles. The van der Waals surface area contributed by atoms with Gasteiger partial charge in [-0.3, -0.25) is 4.68 Å². The van der Waals surface area contributed by atoms with Crippen molar-refractivity contribution in [2.75, 3.05) is 0 Å². The highest BCUT2D eigenvalue weighted by Crippen LogP contribution is 2.38.